The van der Waals surface area contributed by atoms with Gasteiger partial charge >= 0.3 is 12.1 Å². The minimum absolute atomic E-state index is 0.0590. The molecule has 3 aromatic rings. The van der Waals surface area contributed by atoms with Crippen LogP contribution >= 0.6 is 0 Å². The molecule has 0 radical (unpaired) electrons. The van der Waals surface area contributed by atoms with E-state index in [1.54, 1.807) is 45.2 Å². The van der Waals surface area contributed by atoms with Crippen molar-refractivity contribution in [3.8, 4) is 0 Å². The van der Waals surface area contributed by atoms with Crippen molar-refractivity contribution in [1.82, 2.24) is 0 Å². The molecule has 0 heterocycles. The number of benzene rings is 3. The first-order valence-corrected chi connectivity index (χ1v) is 22.4. The highest BCUT2D eigenvalue weighted by Crippen LogP contribution is 2.38. The molecular weight excluding hydrogens is 673 g/mol. The van der Waals surface area contributed by atoms with E-state index in [4.69, 9.17) is 23.3 Å². The third kappa shape index (κ3) is 11.2. The third-order valence-corrected chi connectivity index (χ3v) is 18.5. The fourth-order valence-electron chi connectivity index (χ4n) is 5.39. The van der Waals surface area contributed by atoms with E-state index in [1.165, 1.54) is 17.5 Å². The zero-order valence-corrected chi connectivity index (χ0v) is 34.6. The monoisotopic (exact) mass is 730 g/mol. The van der Waals surface area contributed by atoms with E-state index >= 15 is 0 Å². The Hall–Kier alpha value is -4.00. The molecule has 0 aromatic heterocycles. The number of anilines is 1. The highest BCUT2D eigenvalue weighted by atomic mass is 28.4. The molecule has 0 saturated heterocycles. The summed E-state index contributed by atoms with van der Waals surface area (Å²) in [5, 5.41) is 5.02. The van der Waals surface area contributed by atoms with Crippen molar-refractivity contribution in [2.75, 3.05) is 19.0 Å². The van der Waals surface area contributed by atoms with Crippen LogP contribution in [-0.4, -0.2) is 60.3 Å². The summed E-state index contributed by atoms with van der Waals surface area (Å²) in [6, 6.07) is 25.6. The SMILES string of the molecule is COC(=O)c1ccc(NC(=O)OC(C)(C)C)c(C=N[C@H](C/C=C/O[Si](C)(C)C(C)(C)C)CO[Si](c2ccccc2)(c2ccccc2)C(C)(C)C)c1. The van der Waals surface area contributed by atoms with E-state index in [9.17, 15) is 9.59 Å². The number of carbonyl (C=O) groups excluding carboxylic acids is 2. The molecule has 51 heavy (non-hydrogen) atoms. The summed E-state index contributed by atoms with van der Waals surface area (Å²) in [6.07, 6.45) is 5.44. The molecule has 0 aliphatic rings. The largest absolute Gasteiger partial charge is 0.549 e. The van der Waals surface area contributed by atoms with Gasteiger partial charge in [0.15, 0.2) is 0 Å². The topological polar surface area (TPSA) is 95.5 Å². The Bertz CT molecular complexity index is 1610. The van der Waals surface area contributed by atoms with Crippen molar-refractivity contribution in [3.63, 3.8) is 0 Å². The van der Waals surface area contributed by atoms with Gasteiger partial charge in [-0.25, -0.2) is 9.59 Å². The number of amides is 1. The van der Waals surface area contributed by atoms with Crippen molar-refractivity contribution in [3.05, 3.63) is 102 Å². The van der Waals surface area contributed by atoms with E-state index < -0.39 is 34.3 Å². The molecule has 0 bridgehead atoms. The number of methoxy groups -OCH3 is 1. The molecule has 0 saturated carbocycles. The van der Waals surface area contributed by atoms with E-state index in [0.717, 1.165) is 0 Å². The zero-order chi connectivity index (χ0) is 38.1. The molecular formula is C41H58N2O6Si2. The Labute approximate surface area is 307 Å². The van der Waals surface area contributed by atoms with Gasteiger partial charge in [-0.05, 0) is 85.0 Å². The van der Waals surface area contributed by atoms with Crippen LogP contribution in [0.2, 0.25) is 23.2 Å². The second-order valence-corrected chi connectivity index (χ2v) is 25.4. The smallest absolute Gasteiger partial charge is 0.412 e. The number of ether oxygens (including phenoxy) is 2. The van der Waals surface area contributed by atoms with Gasteiger partial charge in [0.25, 0.3) is 8.32 Å². The minimum Gasteiger partial charge on any atom is -0.549 e. The summed E-state index contributed by atoms with van der Waals surface area (Å²) >= 11 is 0. The van der Waals surface area contributed by atoms with Gasteiger partial charge in [0.1, 0.15) is 5.60 Å². The lowest BCUT2D eigenvalue weighted by molar-refractivity contribution is 0.0599. The lowest BCUT2D eigenvalue weighted by Crippen LogP contribution is -2.67. The van der Waals surface area contributed by atoms with E-state index in [0.29, 0.717) is 29.8 Å². The molecule has 8 nitrogen and oxygen atoms in total. The maximum atomic E-state index is 12.8. The second kappa shape index (κ2) is 17.0. The highest BCUT2D eigenvalue weighted by Gasteiger charge is 2.50. The fraction of sp³-hybridized carbons (Fsp3) is 0.439. The van der Waals surface area contributed by atoms with E-state index in [-0.39, 0.29) is 16.1 Å². The molecule has 10 heteroatoms. The lowest BCUT2D eigenvalue weighted by Gasteiger charge is -2.43. The molecule has 276 valence electrons. The quantitative estimate of drug-likeness (QED) is 0.0816. The fourth-order valence-corrected chi connectivity index (χ4v) is 10.8. The predicted molar refractivity (Wildman–Crippen MR) is 215 cm³/mol. The van der Waals surface area contributed by atoms with Gasteiger partial charge in [-0.3, -0.25) is 10.3 Å². The van der Waals surface area contributed by atoms with Gasteiger partial charge in [-0.15, -0.1) is 0 Å². The first-order valence-electron chi connectivity index (χ1n) is 17.5. The van der Waals surface area contributed by atoms with Crippen LogP contribution in [0.15, 0.2) is 96.2 Å². The summed E-state index contributed by atoms with van der Waals surface area (Å²) in [5.41, 5.74) is 0.619. The van der Waals surface area contributed by atoms with Crippen LogP contribution in [0.3, 0.4) is 0 Å². The van der Waals surface area contributed by atoms with Crippen LogP contribution < -0.4 is 15.7 Å². The summed E-state index contributed by atoms with van der Waals surface area (Å²) in [5.74, 6) is -0.495. The number of esters is 1. The van der Waals surface area contributed by atoms with Crippen LogP contribution in [0.25, 0.3) is 0 Å². The first-order chi connectivity index (χ1) is 23.7. The Kier molecular flexibility index (Phi) is 13.8. The van der Waals surface area contributed by atoms with Crippen molar-refractivity contribution >= 4 is 51.0 Å². The molecule has 0 fully saturated rings. The van der Waals surface area contributed by atoms with Gasteiger partial charge in [0.2, 0.25) is 8.32 Å². The lowest BCUT2D eigenvalue weighted by atomic mass is 10.1. The number of nitrogens with zero attached hydrogens (tertiary/aromatic N) is 1. The van der Waals surface area contributed by atoms with Crippen molar-refractivity contribution < 1.29 is 27.9 Å². The van der Waals surface area contributed by atoms with Crippen LogP contribution in [0.4, 0.5) is 10.5 Å². The molecule has 0 aliphatic carbocycles. The maximum Gasteiger partial charge on any atom is 0.412 e. The molecule has 1 atom stereocenters. The standard InChI is InChI=1S/C41H58N2O6Si2/c1-39(2,3)49-38(45)43-36-26-25-31(37(44)46-10)28-32(36)29-42-33(20-19-27-47-50(11,12)40(4,5)6)30-48-51(41(7,8)9,34-21-15-13-16-22-34)35-23-17-14-18-24-35/h13-19,21-29,33H,20,30H2,1-12H3,(H,43,45)/b27-19+,42-29?/t33-/m1/s1. The van der Waals surface area contributed by atoms with Gasteiger partial charge in [-0.1, -0.05) is 102 Å². The van der Waals surface area contributed by atoms with Crippen LogP contribution in [0, 0.1) is 0 Å². The maximum absolute atomic E-state index is 12.8. The number of rotatable bonds is 13. The number of nitrogens with one attached hydrogen (secondary N) is 1. The molecule has 0 spiro atoms. The number of hydrogen-bond acceptors (Lipinski definition) is 7. The molecule has 3 rings (SSSR count). The van der Waals surface area contributed by atoms with Gasteiger partial charge in [0, 0.05) is 11.8 Å². The Balaban J connectivity index is 2.09. The average Bonchev–Trinajstić information content (AvgIpc) is 3.04. The number of carbonyl (C=O) groups is 2. The number of aliphatic imine (C=N–C) groups is 1. The van der Waals surface area contributed by atoms with Crippen LogP contribution in [0.1, 0.15) is 84.7 Å². The van der Waals surface area contributed by atoms with Crippen LogP contribution in [-0.2, 0) is 18.3 Å². The molecule has 3 aromatic carbocycles. The number of hydrogen-bond donors (Lipinski definition) is 1. The van der Waals surface area contributed by atoms with E-state index in [2.05, 4.69) is 108 Å². The van der Waals surface area contributed by atoms with E-state index in [1.807, 2.05) is 24.5 Å². The summed E-state index contributed by atoms with van der Waals surface area (Å²) in [6.45, 7) is 23.5. The van der Waals surface area contributed by atoms with Crippen molar-refractivity contribution in [2.45, 2.75) is 104 Å². The third-order valence-electron chi connectivity index (χ3n) is 9.12. The Morgan fingerprint density at radius 2 is 1.39 bits per heavy atom. The molecule has 1 N–H and O–H groups in total. The highest BCUT2D eigenvalue weighted by molar-refractivity contribution is 6.99. The normalized spacial score (nSPS) is 13.6. The second-order valence-electron chi connectivity index (χ2n) is 16.3. The predicted octanol–water partition coefficient (Wildman–Crippen LogP) is 9.11. The van der Waals surface area contributed by atoms with Crippen LogP contribution in [0.5, 0.6) is 0 Å². The minimum atomic E-state index is -2.86. The summed E-state index contributed by atoms with van der Waals surface area (Å²) in [7, 11) is -3.55. The Morgan fingerprint density at radius 3 is 1.88 bits per heavy atom. The molecule has 1 amide bonds. The summed E-state index contributed by atoms with van der Waals surface area (Å²) in [4.78, 5) is 30.4. The van der Waals surface area contributed by atoms with Gasteiger partial charge in [-0.2, -0.15) is 0 Å². The molecule has 0 unspecified atom stereocenters. The summed E-state index contributed by atoms with van der Waals surface area (Å²) < 4.78 is 24.1. The Morgan fingerprint density at radius 1 is 0.824 bits per heavy atom. The molecule has 0 aliphatic heterocycles. The van der Waals surface area contributed by atoms with Gasteiger partial charge < -0.3 is 18.3 Å². The van der Waals surface area contributed by atoms with Gasteiger partial charge in [0.05, 0.1) is 37.3 Å². The zero-order valence-electron chi connectivity index (χ0n) is 32.6. The average molecular weight is 731 g/mol. The van der Waals surface area contributed by atoms with Crippen molar-refractivity contribution in [2.24, 2.45) is 4.99 Å². The van der Waals surface area contributed by atoms with Crippen molar-refractivity contribution in [1.29, 1.82) is 0 Å². The first kappa shape index (κ1) is 41.4.